The van der Waals surface area contributed by atoms with E-state index in [0.717, 1.165) is 11.3 Å². The van der Waals surface area contributed by atoms with Crippen molar-refractivity contribution < 1.29 is 4.74 Å². The minimum Gasteiger partial charge on any atom is -0.461 e. The maximum absolute atomic E-state index is 5.51. The number of anilines is 2. The first-order chi connectivity index (χ1) is 10.1. The summed E-state index contributed by atoms with van der Waals surface area (Å²) in [7, 11) is 1.75. The number of hydrogen-bond acceptors (Lipinski definition) is 7. The quantitative estimate of drug-likeness (QED) is 0.841. The molecule has 112 valence electrons. The van der Waals surface area contributed by atoms with Gasteiger partial charge in [-0.3, -0.25) is 4.98 Å². The van der Waals surface area contributed by atoms with Crippen molar-refractivity contribution >= 4 is 11.9 Å². The van der Waals surface area contributed by atoms with E-state index in [-0.39, 0.29) is 6.10 Å². The van der Waals surface area contributed by atoms with Gasteiger partial charge in [0.05, 0.1) is 6.10 Å². The summed E-state index contributed by atoms with van der Waals surface area (Å²) < 4.78 is 5.51. The maximum Gasteiger partial charge on any atom is 0.323 e. The van der Waals surface area contributed by atoms with Crippen molar-refractivity contribution in [1.29, 1.82) is 0 Å². The average Bonchev–Trinajstić information content (AvgIpc) is 2.45. The Balaban J connectivity index is 2.09. The molecule has 0 atom stereocenters. The third-order valence-corrected chi connectivity index (χ3v) is 2.60. The summed E-state index contributed by atoms with van der Waals surface area (Å²) in [6.45, 7) is 6.39. The molecular weight excluding hydrogens is 268 g/mol. The lowest BCUT2D eigenvalue weighted by Crippen LogP contribution is -2.13. The largest absolute Gasteiger partial charge is 0.461 e. The van der Waals surface area contributed by atoms with Crippen molar-refractivity contribution in [3.63, 3.8) is 0 Å². The maximum atomic E-state index is 5.51. The second kappa shape index (κ2) is 6.83. The second-order valence-corrected chi connectivity index (χ2v) is 4.84. The van der Waals surface area contributed by atoms with E-state index in [9.17, 15) is 0 Å². The monoisotopic (exact) mass is 288 g/mol. The van der Waals surface area contributed by atoms with E-state index in [1.807, 2.05) is 39.1 Å². The average molecular weight is 288 g/mol. The van der Waals surface area contributed by atoms with Crippen molar-refractivity contribution in [2.45, 2.75) is 33.4 Å². The molecule has 21 heavy (non-hydrogen) atoms. The van der Waals surface area contributed by atoms with Crippen molar-refractivity contribution in [3.8, 4) is 6.01 Å². The zero-order valence-electron chi connectivity index (χ0n) is 12.7. The normalized spacial score (nSPS) is 10.5. The van der Waals surface area contributed by atoms with E-state index in [1.165, 1.54) is 0 Å². The van der Waals surface area contributed by atoms with Crippen LogP contribution in [0.1, 0.15) is 25.1 Å². The van der Waals surface area contributed by atoms with Crippen molar-refractivity contribution in [2.24, 2.45) is 0 Å². The number of pyridine rings is 1. The van der Waals surface area contributed by atoms with Crippen LogP contribution in [0.25, 0.3) is 0 Å². The Morgan fingerprint density at radius 1 is 1.14 bits per heavy atom. The van der Waals surface area contributed by atoms with Gasteiger partial charge in [-0.1, -0.05) is 6.07 Å². The molecule has 2 N–H and O–H groups in total. The first-order valence-electron chi connectivity index (χ1n) is 6.82. The van der Waals surface area contributed by atoms with Crippen molar-refractivity contribution in [1.82, 2.24) is 19.9 Å². The summed E-state index contributed by atoms with van der Waals surface area (Å²) in [5.74, 6) is 0.927. The predicted octanol–water partition coefficient (Wildman–Crippen LogP) is 2.02. The number of aromatic nitrogens is 4. The van der Waals surface area contributed by atoms with Gasteiger partial charge in [-0.25, -0.2) is 0 Å². The van der Waals surface area contributed by atoms with Crippen LogP contribution in [0, 0.1) is 6.92 Å². The molecule has 0 aliphatic heterocycles. The molecule has 0 amide bonds. The van der Waals surface area contributed by atoms with Crippen LogP contribution < -0.4 is 15.4 Å². The van der Waals surface area contributed by atoms with Crippen LogP contribution in [-0.2, 0) is 6.54 Å². The molecule has 0 bridgehead atoms. The Bertz CT molecular complexity index is 585. The minimum atomic E-state index is 0.00579. The Hall–Kier alpha value is -2.44. The highest BCUT2D eigenvalue weighted by Crippen LogP contribution is 2.13. The van der Waals surface area contributed by atoms with E-state index in [4.69, 9.17) is 4.74 Å². The number of hydrogen-bond donors (Lipinski definition) is 2. The van der Waals surface area contributed by atoms with Crippen LogP contribution in [0.4, 0.5) is 11.9 Å². The number of ether oxygens (including phenoxy) is 1. The zero-order chi connectivity index (χ0) is 15.2. The van der Waals surface area contributed by atoms with Gasteiger partial charge in [-0.2, -0.15) is 15.0 Å². The summed E-state index contributed by atoms with van der Waals surface area (Å²) in [5.41, 5.74) is 2.04. The van der Waals surface area contributed by atoms with Gasteiger partial charge in [-0.05, 0) is 32.4 Å². The third-order valence-electron chi connectivity index (χ3n) is 2.60. The standard InChI is InChI=1S/C14H20N6O/c1-9(2)21-14-19-12(15-4)18-13(20-14)17-8-11-6-5-10(3)16-7-11/h5-7,9H,8H2,1-4H3,(H2,15,17,18,19,20). The molecule has 0 fully saturated rings. The number of nitrogens with zero attached hydrogens (tertiary/aromatic N) is 4. The van der Waals surface area contributed by atoms with Gasteiger partial charge in [0.25, 0.3) is 0 Å². The molecule has 0 aliphatic carbocycles. The number of aryl methyl sites for hydroxylation is 1. The van der Waals surface area contributed by atoms with Crippen LogP contribution in [-0.4, -0.2) is 33.1 Å². The fourth-order valence-electron chi connectivity index (χ4n) is 1.60. The van der Waals surface area contributed by atoms with Crippen molar-refractivity contribution in [3.05, 3.63) is 29.6 Å². The van der Waals surface area contributed by atoms with Gasteiger partial charge in [0.2, 0.25) is 11.9 Å². The van der Waals surface area contributed by atoms with Crippen LogP contribution >= 0.6 is 0 Å². The molecule has 0 saturated carbocycles. The van der Waals surface area contributed by atoms with Gasteiger partial charge in [-0.15, -0.1) is 0 Å². The van der Waals surface area contributed by atoms with Crippen LogP contribution in [0.5, 0.6) is 6.01 Å². The Morgan fingerprint density at radius 2 is 1.90 bits per heavy atom. The highest BCUT2D eigenvalue weighted by atomic mass is 16.5. The molecule has 7 heteroatoms. The van der Waals surface area contributed by atoms with Crippen molar-refractivity contribution in [2.75, 3.05) is 17.7 Å². The van der Waals surface area contributed by atoms with E-state index in [1.54, 1.807) is 7.05 Å². The second-order valence-electron chi connectivity index (χ2n) is 4.84. The lowest BCUT2D eigenvalue weighted by atomic mass is 10.2. The number of rotatable bonds is 6. The Kier molecular flexibility index (Phi) is 4.86. The molecule has 0 spiro atoms. The highest BCUT2D eigenvalue weighted by molar-refractivity contribution is 5.36. The van der Waals surface area contributed by atoms with Crippen LogP contribution in [0.3, 0.4) is 0 Å². The molecule has 2 heterocycles. The van der Waals surface area contributed by atoms with Gasteiger partial charge in [0.1, 0.15) is 0 Å². The number of nitrogens with one attached hydrogen (secondary N) is 2. The molecule has 7 nitrogen and oxygen atoms in total. The van der Waals surface area contributed by atoms with E-state index in [0.29, 0.717) is 24.5 Å². The van der Waals surface area contributed by atoms with Crippen LogP contribution in [0.15, 0.2) is 18.3 Å². The smallest absolute Gasteiger partial charge is 0.323 e. The molecule has 0 aromatic carbocycles. The molecule has 2 aromatic heterocycles. The third kappa shape index (κ3) is 4.55. The SMILES string of the molecule is CNc1nc(NCc2ccc(C)nc2)nc(OC(C)C)n1. The Morgan fingerprint density at radius 3 is 2.52 bits per heavy atom. The molecular formula is C14H20N6O. The highest BCUT2D eigenvalue weighted by Gasteiger charge is 2.08. The molecule has 0 saturated heterocycles. The first-order valence-corrected chi connectivity index (χ1v) is 6.82. The molecule has 2 rings (SSSR count). The first kappa shape index (κ1) is 15.0. The van der Waals surface area contributed by atoms with Gasteiger partial charge in [0, 0.05) is 25.5 Å². The summed E-state index contributed by atoms with van der Waals surface area (Å²) in [5, 5.41) is 6.04. The summed E-state index contributed by atoms with van der Waals surface area (Å²) >= 11 is 0. The van der Waals surface area contributed by atoms with E-state index >= 15 is 0 Å². The summed E-state index contributed by atoms with van der Waals surface area (Å²) in [6.07, 6.45) is 1.83. The predicted molar refractivity (Wildman–Crippen MR) is 81.4 cm³/mol. The fourth-order valence-corrected chi connectivity index (χ4v) is 1.60. The lowest BCUT2D eigenvalue weighted by Gasteiger charge is -2.11. The van der Waals surface area contributed by atoms with Crippen LogP contribution in [0.2, 0.25) is 0 Å². The summed E-state index contributed by atoms with van der Waals surface area (Å²) in [4.78, 5) is 16.9. The summed E-state index contributed by atoms with van der Waals surface area (Å²) in [6, 6.07) is 4.28. The molecule has 2 aromatic rings. The minimum absolute atomic E-state index is 0.00579. The Labute approximate surface area is 124 Å². The van der Waals surface area contributed by atoms with Gasteiger partial charge < -0.3 is 15.4 Å². The molecule has 0 unspecified atom stereocenters. The van der Waals surface area contributed by atoms with E-state index in [2.05, 4.69) is 30.6 Å². The zero-order valence-corrected chi connectivity index (χ0v) is 12.7. The van der Waals surface area contributed by atoms with Gasteiger partial charge >= 0.3 is 6.01 Å². The molecule has 0 radical (unpaired) electrons. The van der Waals surface area contributed by atoms with E-state index < -0.39 is 0 Å². The lowest BCUT2D eigenvalue weighted by molar-refractivity contribution is 0.222. The fraction of sp³-hybridized carbons (Fsp3) is 0.429. The topological polar surface area (TPSA) is 84.9 Å². The van der Waals surface area contributed by atoms with Gasteiger partial charge in [0.15, 0.2) is 0 Å². The molecule has 0 aliphatic rings.